The number of carbonyl (C=O) groups is 3. The van der Waals surface area contributed by atoms with Crippen LogP contribution in [-0.2, 0) is 45.7 Å². The molecule has 5 aromatic rings. The van der Waals surface area contributed by atoms with Crippen molar-refractivity contribution in [2.45, 2.75) is 31.5 Å². The number of methoxy groups -OCH3 is 3. The highest BCUT2D eigenvalue weighted by Crippen LogP contribution is 2.16. The molecule has 5 rings (SSSR count). The first-order valence-electron chi connectivity index (χ1n) is 15.9. The Morgan fingerprint density at radius 2 is 0.780 bits per heavy atom. The van der Waals surface area contributed by atoms with Crippen molar-refractivity contribution in [1.29, 1.82) is 0 Å². The zero-order valence-corrected chi connectivity index (χ0v) is 30.2. The largest absolute Gasteiger partial charge is 0.465 e. The van der Waals surface area contributed by atoms with Gasteiger partial charge in [-0.1, -0.05) is 113 Å². The van der Waals surface area contributed by atoms with E-state index in [1.165, 1.54) is 32.5 Å². The van der Waals surface area contributed by atoms with Crippen LogP contribution in [0.4, 0.5) is 0 Å². The van der Waals surface area contributed by atoms with Crippen LogP contribution in [0.15, 0.2) is 133 Å². The topological polar surface area (TPSA) is 108 Å². The fraction of sp³-hybridized carbons (Fsp3) is 0.195. The average molecular weight is 740 g/mol. The molecule has 50 heavy (non-hydrogen) atoms. The molecule has 0 fully saturated rings. The third-order valence-corrected chi connectivity index (χ3v) is 8.07. The van der Waals surface area contributed by atoms with Gasteiger partial charge in [0.15, 0.2) is 0 Å². The molecule has 0 aliphatic heterocycles. The van der Waals surface area contributed by atoms with Gasteiger partial charge in [-0.2, -0.15) is 0 Å². The molecule has 0 bridgehead atoms. The molecule has 0 unspecified atom stereocenters. The van der Waals surface area contributed by atoms with E-state index >= 15 is 0 Å². The number of esters is 3. The fourth-order valence-corrected chi connectivity index (χ4v) is 5.09. The first-order valence-corrected chi connectivity index (χ1v) is 17.0. The van der Waals surface area contributed by atoms with Crippen LogP contribution < -0.4 is 5.73 Å². The Balaban J connectivity index is 0.000000274. The Kier molecular flexibility index (Phi) is 17.2. The lowest BCUT2D eigenvalue weighted by molar-refractivity contribution is 0.0592. The number of rotatable bonds is 11. The van der Waals surface area contributed by atoms with Crippen molar-refractivity contribution in [2.24, 2.45) is 5.73 Å². The number of ether oxygens (including phenoxy) is 3. The van der Waals surface area contributed by atoms with Gasteiger partial charge >= 0.3 is 17.9 Å². The van der Waals surface area contributed by atoms with Gasteiger partial charge in [0.25, 0.3) is 0 Å². The molecule has 0 spiro atoms. The van der Waals surface area contributed by atoms with Gasteiger partial charge in [-0.05, 0) is 64.2 Å². The Hall–Kier alpha value is -5.09. The summed E-state index contributed by atoms with van der Waals surface area (Å²) < 4.78 is 14.1. The second-order valence-corrected chi connectivity index (χ2v) is 11.6. The maximum atomic E-state index is 11.7. The van der Waals surface area contributed by atoms with E-state index in [0.717, 1.165) is 41.7 Å². The third kappa shape index (κ3) is 13.4. The van der Waals surface area contributed by atoms with Gasteiger partial charge in [-0.3, -0.25) is 4.90 Å². The van der Waals surface area contributed by atoms with Crippen LogP contribution in [0, 0.1) is 0 Å². The number of nitrogens with zero attached hydrogens (tertiary/aromatic N) is 1. The second kappa shape index (κ2) is 21.8. The molecular weight excluding hydrogens is 696 g/mol. The van der Waals surface area contributed by atoms with Crippen molar-refractivity contribution < 1.29 is 28.6 Å². The summed E-state index contributed by atoms with van der Waals surface area (Å²) in [6, 6.07) is 42.5. The van der Waals surface area contributed by atoms with Gasteiger partial charge in [-0.15, -0.1) is 0 Å². The molecule has 260 valence electrons. The summed E-state index contributed by atoms with van der Waals surface area (Å²) in [6.45, 7) is 2.85. The van der Waals surface area contributed by atoms with E-state index < -0.39 is 0 Å². The maximum absolute atomic E-state index is 11.7. The summed E-state index contributed by atoms with van der Waals surface area (Å²) in [5, 5.41) is 0.800. The van der Waals surface area contributed by atoms with Gasteiger partial charge < -0.3 is 19.9 Å². The molecule has 2 N–H and O–H groups in total. The fourth-order valence-electron chi connectivity index (χ4n) is 4.72. The minimum Gasteiger partial charge on any atom is -0.465 e. The smallest absolute Gasteiger partial charge is 0.337 e. The molecule has 0 radical (unpaired) electrons. The van der Waals surface area contributed by atoms with Crippen LogP contribution in [0.5, 0.6) is 0 Å². The number of alkyl halides is 1. The van der Waals surface area contributed by atoms with Crippen LogP contribution in [0.2, 0.25) is 0 Å². The predicted molar refractivity (Wildman–Crippen MR) is 200 cm³/mol. The van der Waals surface area contributed by atoms with Crippen molar-refractivity contribution in [1.82, 2.24) is 4.90 Å². The van der Waals surface area contributed by atoms with Crippen molar-refractivity contribution in [3.63, 3.8) is 0 Å². The first kappa shape index (κ1) is 39.3. The van der Waals surface area contributed by atoms with Crippen molar-refractivity contribution >= 4 is 33.8 Å². The molecule has 5 aromatic carbocycles. The molecule has 0 aliphatic rings. The minimum atomic E-state index is -0.339. The Morgan fingerprint density at radius 1 is 0.480 bits per heavy atom. The third-order valence-electron chi connectivity index (χ3n) is 7.42. The molecule has 0 aromatic heterocycles. The zero-order chi connectivity index (χ0) is 36.1. The van der Waals surface area contributed by atoms with E-state index in [-0.39, 0.29) is 17.9 Å². The van der Waals surface area contributed by atoms with Gasteiger partial charge in [-0.25, -0.2) is 14.4 Å². The standard InChI is InChI=1S/C25H25NO4.C9H9BrO2.C7H9N/c1-29-24(27)22-12-8-20(9-13-22)17-26(16-19-6-4-3-5-7-19)18-21-10-14-23(15-11-21)25(28)30-2;1-12-9(11)8-4-2-7(6-10)3-5-8;8-6-7-4-2-1-3-5-7/h3-15H,16-18H2,1-2H3;2-5H,6H2,1H3;1-5H,6,8H2. The summed E-state index contributed by atoms with van der Waals surface area (Å²) in [5.74, 6) is -0.974. The van der Waals surface area contributed by atoms with Gasteiger partial charge in [0.1, 0.15) is 0 Å². The Bertz CT molecular complexity index is 1670. The van der Waals surface area contributed by atoms with E-state index in [1.807, 2.05) is 84.9 Å². The lowest BCUT2D eigenvalue weighted by Crippen LogP contribution is -2.22. The highest BCUT2D eigenvalue weighted by molar-refractivity contribution is 9.08. The number of benzene rings is 5. The molecule has 0 aliphatic carbocycles. The molecule has 0 heterocycles. The second-order valence-electron chi connectivity index (χ2n) is 11.0. The summed E-state index contributed by atoms with van der Waals surface area (Å²) in [4.78, 5) is 36.6. The minimum absolute atomic E-state index is 0.295. The van der Waals surface area contributed by atoms with E-state index in [4.69, 9.17) is 15.2 Å². The maximum Gasteiger partial charge on any atom is 0.337 e. The van der Waals surface area contributed by atoms with Crippen LogP contribution in [0.25, 0.3) is 0 Å². The highest BCUT2D eigenvalue weighted by atomic mass is 79.9. The lowest BCUT2D eigenvalue weighted by atomic mass is 10.1. The highest BCUT2D eigenvalue weighted by Gasteiger charge is 2.12. The number of halogens is 1. The summed E-state index contributed by atoms with van der Waals surface area (Å²) in [6.07, 6.45) is 0. The van der Waals surface area contributed by atoms with Crippen LogP contribution >= 0.6 is 15.9 Å². The van der Waals surface area contributed by atoms with Gasteiger partial charge in [0, 0.05) is 31.5 Å². The van der Waals surface area contributed by atoms with Crippen molar-refractivity contribution in [2.75, 3.05) is 21.3 Å². The lowest BCUT2D eigenvalue weighted by Gasteiger charge is -2.23. The molecule has 8 nitrogen and oxygen atoms in total. The van der Waals surface area contributed by atoms with Gasteiger partial charge in [0.2, 0.25) is 0 Å². The quantitative estimate of drug-likeness (QED) is 0.0826. The number of carbonyl (C=O) groups excluding carboxylic acids is 3. The van der Waals surface area contributed by atoms with Gasteiger partial charge in [0.05, 0.1) is 38.0 Å². The summed E-state index contributed by atoms with van der Waals surface area (Å²) >= 11 is 3.32. The van der Waals surface area contributed by atoms with Crippen molar-refractivity contribution in [3.8, 4) is 0 Å². The number of hydrogen-bond acceptors (Lipinski definition) is 8. The zero-order valence-electron chi connectivity index (χ0n) is 28.6. The molecular formula is C41H43BrN2O6. The molecule has 0 saturated carbocycles. The monoisotopic (exact) mass is 738 g/mol. The Morgan fingerprint density at radius 3 is 1.06 bits per heavy atom. The van der Waals surface area contributed by atoms with Crippen LogP contribution in [0.3, 0.4) is 0 Å². The normalized spacial score (nSPS) is 10.1. The summed E-state index contributed by atoms with van der Waals surface area (Å²) in [5.41, 5.74) is 12.8. The Labute approximate surface area is 302 Å². The van der Waals surface area contributed by atoms with E-state index in [9.17, 15) is 14.4 Å². The molecule has 0 amide bonds. The number of hydrogen-bond donors (Lipinski definition) is 1. The SMILES string of the molecule is COC(=O)c1ccc(CBr)cc1.COC(=O)c1ccc(CN(Cc2ccccc2)Cc2ccc(C(=O)OC)cc2)cc1.NCc1ccccc1. The van der Waals surface area contributed by atoms with E-state index in [1.54, 1.807) is 36.4 Å². The average Bonchev–Trinajstić information content (AvgIpc) is 3.18. The predicted octanol–water partition coefficient (Wildman–Crippen LogP) is 7.98. The molecule has 0 saturated heterocycles. The van der Waals surface area contributed by atoms with Crippen molar-refractivity contribution in [3.05, 3.63) is 178 Å². The first-order chi connectivity index (χ1) is 24.3. The molecule has 9 heteroatoms. The van der Waals surface area contributed by atoms with Crippen LogP contribution in [0.1, 0.15) is 58.9 Å². The summed E-state index contributed by atoms with van der Waals surface area (Å²) in [7, 11) is 4.13. The number of nitrogens with two attached hydrogens (primary N) is 1. The van der Waals surface area contributed by atoms with E-state index in [0.29, 0.717) is 23.2 Å². The van der Waals surface area contributed by atoms with Crippen LogP contribution in [-0.4, -0.2) is 44.1 Å². The van der Waals surface area contributed by atoms with E-state index in [2.05, 4.69) is 37.7 Å². The molecule has 0 atom stereocenters.